The molecule has 0 fully saturated rings. The maximum absolute atomic E-state index is 13.8. The van der Waals surface area contributed by atoms with Crippen molar-refractivity contribution in [3.8, 4) is 6.07 Å². The fourth-order valence-electron chi connectivity index (χ4n) is 5.90. The van der Waals surface area contributed by atoms with Crippen LogP contribution in [-0.2, 0) is 40.2 Å². The van der Waals surface area contributed by atoms with Gasteiger partial charge in [0.15, 0.2) is 5.78 Å². The zero-order chi connectivity index (χ0) is 30.3. The quantitative estimate of drug-likeness (QED) is 0.315. The number of Topliss-reactive ketones (excluding diaryl/α,β-unsaturated/α-hetero) is 1. The molecule has 0 bridgehead atoms. The van der Waals surface area contributed by atoms with Crippen molar-refractivity contribution in [3.05, 3.63) is 100 Å². The second kappa shape index (κ2) is 13.4. The van der Waals surface area contributed by atoms with Crippen LogP contribution in [0.2, 0.25) is 0 Å². The van der Waals surface area contributed by atoms with Gasteiger partial charge < -0.3 is 21.3 Å². The van der Waals surface area contributed by atoms with Crippen LogP contribution in [0.25, 0.3) is 0 Å². The Kier molecular flexibility index (Phi) is 9.28. The van der Waals surface area contributed by atoms with Crippen LogP contribution in [0.5, 0.6) is 0 Å². The standard InChI is InChI=1S/C34H35N5O4/c35-16-15-28(33(42)38-29-18-24-12-6-11-23(24)17-27(29)20-36)37-34(43)30-19-25-9-4-5-10-26(25)21-39(30)32(41)14-13-31(40)22-7-2-1-3-8-22/h1-5,7-10,17-18,28,30H,6,11-16,19,21,35H2,(H,37,43)(H,38,42)/t28-,30-/m0/s1. The molecule has 2 aliphatic rings. The van der Waals surface area contributed by atoms with Gasteiger partial charge in [0.2, 0.25) is 17.7 Å². The van der Waals surface area contributed by atoms with E-state index in [4.69, 9.17) is 5.73 Å². The zero-order valence-corrected chi connectivity index (χ0v) is 24.0. The van der Waals surface area contributed by atoms with Crippen LogP contribution in [0.4, 0.5) is 5.69 Å². The van der Waals surface area contributed by atoms with Crippen LogP contribution in [0.1, 0.15) is 63.9 Å². The maximum Gasteiger partial charge on any atom is 0.247 e. The maximum atomic E-state index is 13.8. The van der Waals surface area contributed by atoms with E-state index in [2.05, 4.69) is 16.7 Å². The number of aryl methyl sites for hydroxylation is 2. The summed E-state index contributed by atoms with van der Waals surface area (Å²) in [5.74, 6) is -1.40. The Labute approximate surface area is 251 Å². The van der Waals surface area contributed by atoms with Crippen molar-refractivity contribution in [2.75, 3.05) is 11.9 Å². The van der Waals surface area contributed by atoms with E-state index in [9.17, 15) is 24.4 Å². The average molecular weight is 578 g/mol. The van der Waals surface area contributed by atoms with E-state index in [1.807, 2.05) is 42.5 Å². The van der Waals surface area contributed by atoms with Crippen molar-refractivity contribution < 1.29 is 19.2 Å². The molecule has 1 aliphatic heterocycles. The van der Waals surface area contributed by atoms with Gasteiger partial charge in [-0.15, -0.1) is 0 Å². The number of nitriles is 1. The molecule has 0 saturated heterocycles. The molecule has 0 unspecified atom stereocenters. The lowest BCUT2D eigenvalue weighted by Crippen LogP contribution is -2.56. The molecule has 0 spiro atoms. The number of rotatable bonds is 10. The average Bonchev–Trinajstić information content (AvgIpc) is 3.49. The summed E-state index contributed by atoms with van der Waals surface area (Å²) in [5, 5.41) is 15.3. The van der Waals surface area contributed by atoms with E-state index in [-0.39, 0.29) is 50.5 Å². The third kappa shape index (κ3) is 6.82. The minimum Gasteiger partial charge on any atom is -0.342 e. The predicted molar refractivity (Wildman–Crippen MR) is 162 cm³/mol. The van der Waals surface area contributed by atoms with Crippen molar-refractivity contribution in [2.24, 2.45) is 5.73 Å². The SMILES string of the molecule is N#Cc1cc2c(cc1NC(=O)[C@H](CCN)NC(=O)[C@@H]1Cc3ccccc3CN1C(=O)CCC(=O)c1ccccc1)CCC2. The van der Waals surface area contributed by atoms with Crippen molar-refractivity contribution >= 4 is 29.2 Å². The van der Waals surface area contributed by atoms with Gasteiger partial charge in [0.05, 0.1) is 11.3 Å². The molecular weight excluding hydrogens is 542 g/mol. The van der Waals surface area contributed by atoms with Crippen molar-refractivity contribution in [3.63, 3.8) is 0 Å². The number of carbonyl (C=O) groups excluding carboxylic acids is 4. The van der Waals surface area contributed by atoms with Crippen LogP contribution >= 0.6 is 0 Å². The first-order valence-corrected chi connectivity index (χ1v) is 14.7. The summed E-state index contributed by atoms with van der Waals surface area (Å²) >= 11 is 0. The van der Waals surface area contributed by atoms with Gasteiger partial charge >= 0.3 is 0 Å². The van der Waals surface area contributed by atoms with E-state index >= 15 is 0 Å². The zero-order valence-electron chi connectivity index (χ0n) is 24.0. The number of nitrogens with zero attached hydrogens (tertiary/aromatic N) is 2. The molecule has 1 heterocycles. The number of nitrogens with two attached hydrogens (primary N) is 1. The molecule has 3 aromatic carbocycles. The monoisotopic (exact) mass is 577 g/mol. The van der Waals surface area contributed by atoms with Crippen LogP contribution in [-0.4, -0.2) is 47.0 Å². The number of benzene rings is 3. The minimum absolute atomic E-state index is 0.0234. The van der Waals surface area contributed by atoms with Crippen LogP contribution in [0.15, 0.2) is 66.7 Å². The fourth-order valence-corrected chi connectivity index (χ4v) is 5.90. The molecule has 1 aliphatic carbocycles. The highest BCUT2D eigenvalue weighted by atomic mass is 16.2. The van der Waals surface area contributed by atoms with Crippen molar-refractivity contribution in [2.45, 2.75) is 63.6 Å². The summed E-state index contributed by atoms with van der Waals surface area (Å²) in [6, 6.07) is 20.4. The highest BCUT2D eigenvalue weighted by molar-refractivity contribution is 6.00. The van der Waals surface area contributed by atoms with E-state index in [0.717, 1.165) is 41.5 Å². The number of amides is 3. The van der Waals surface area contributed by atoms with Gasteiger partial charge in [0.25, 0.3) is 0 Å². The second-order valence-corrected chi connectivity index (χ2v) is 11.1. The highest BCUT2D eigenvalue weighted by Crippen LogP contribution is 2.29. The Hall–Kier alpha value is -4.81. The first kappa shape index (κ1) is 29.7. The van der Waals surface area contributed by atoms with Gasteiger partial charge in [0, 0.05) is 31.4 Å². The largest absolute Gasteiger partial charge is 0.342 e. The third-order valence-electron chi connectivity index (χ3n) is 8.23. The summed E-state index contributed by atoms with van der Waals surface area (Å²) in [6.07, 6.45) is 3.23. The predicted octanol–water partition coefficient (Wildman–Crippen LogP) is 3.44. The molecule has 0 saturated carbocycles. The van der Waals surface area contributed by atoms with Gasteiger partial charge in [0.1, 0.15) is 18.2 Å². The summed E-state index contributed by atoms with van der Waals surface area (Å²) in [6.45, 7) is 0.367. The Morgan fingerprint density at radius 3 is 2.35 bits per heavy atom. The third-order valence-corrected chi connectivity index (χ3v) is 8.23. The van der Waals surface area contributed by atoms with Crippen LogP contribution in [0.3, 0.4) is 0 Å². The lowest BCUT2D eigenvalue weighted by atomic mass is 9.92. The molecule has 0 radical (unpaired) electrons. The van der Waals surface area contributed by atoms with Gasteiger partial charge in [-0.2, -0.15) is 5.26 Å². The van der Waals surface area contributed by atoms with Gasteiger partial charge in [-0.3, -0.25) is 19.2 Å². The van der Waals surface area contributed by atoms with Crippen molar-refractivity contribution in [1.29, 1.82) is 5.26 Å². The number of fused-ring (bicyclic) bond motifs is 2. The number of hydrogen-bond acceptors (Lipinski definition) is 6. The van der Waals surface area contributed by atoms with Gasteiger partial charge in [-0.05, 0) is 66.6 Å². The van der Waals surface area contributed by atoms with E-state index in [1.54, 1.807) is 24.3 Å². The number of carbonyl (C=O) groups is 4. The van der Waals surface area contributed by atoms with Gasteiger partial charge in [-0.25, -0.2) is 0 Å². The molecule has 0 aromatic heterocycles. The van der Waals surface area contributed by atoms with Crippen LogP contribution < -0.4 is 16.4 Å². The molecule has 9 heteroatoms. The molecule has 43 heavy (non-hydrogen) atoms. The Balaban J connectivity index is 1.31. The summed E-state index contributed by atoms with van der Waals surface area (Å²) in [5.41, 5.74) is 11.2. The first-order chi connectivity index (χ1) is 20.9. The molecule has 4 N–H and O–H groups in total. The summed E-state index contributed by atoms with van der Waals surface area (Å²) < 4.78 is 0. The molecule has 9 nitrogen and oxygen atoms in total. The normalized spacial score (nSPS) is 15.9. The Morgan fingerprint density at radius 2 is 1.63 bits per heavy atom. The minimum atomic E-state index is -0.967. The molecule has 3 aromatic rings. The number of anilines is 1. The smallest absolute Gasteiger partial charge is 0.247 e. The molecular formula is C34H35N5O4. The van der Waals surface area contributed by atoms with E-state index in [1.165, 1.54) is 4.90 Å². The van der Waals surface area contributed by atoms with Gasteiger partial charge in [-0.1, -0.05) is 54.6 Å². The highest BCUT2D eigenvalue weighted by Gasteiger charge is 2.36. The molecule has 220 valence electrons. The second-order valence-electron chi connectivity index (χ2n) is 11.1. The fraction of sp³-hybridized carbons (Fsp3) is 0.324. The molecule has 3 amide bonds. The van der Waals surface area contributed by atoms with Crippen molar-refractivity contribution in [1.82, 2.24) is 10.2 Å². The Morgan fingerprint density at radius 1 is 0.930 bits per heavy atom. The van der Waals surface area contributed by atoms with E-state index < -0.39 is 23.9 Å². The number of nitrogens with one attached hydrogen (secondary N) is 2. The van der Waals surface area contributed by atoms with E-state index in [0.29, 0.717) is 16.8 Å². The lowest BCUT2D eigenvalue weighted by Gasteiger charge is -2.36. The number of ketones is 1. The van der Waals surface area contributed by atoms with Crippen LogP contribution in [0, 0.1) is 11.3 Å². The Bertz CT molecular complexity index is 1580. The topological polar surface area (TPSA) is 145 Å². The number of hydrogen-bond donors (Lipinski definition) is 3. The molecule has 2 atom stereocenters. The molecule has 5 rings (SSSR count). The summed E-state index contributed by atoms with van der Waals surface area (Å²) in [7, 11) is 0. The lowest BCUT2D eigenvalue weighted by molar-refractivity contribution is -0.142. The first-order valence-electron chi connectivity index (χ1n) is 14.7. The summed E-state index contributed by atoms with van der Waals surface area (Å²) in [4.78, 5) is 54.8.